The molecule has 0 bridgehead atoms. The van der Waals surface area contributed by atoms with E-state index in [0.29, 0.717) is 0 Å². The van der Waals surface area contributed by atoms with Crippen molar-refractivity contribution in [1.29, 1.82) is 0 Å². The number of thioether (sulfide) groups is 1. The monoisotopic (exact) mass is 385 g/mol. The Morgan fingerprint density at radius 1 is 1.22 bits per heavy atom. The summed E-state index contributed by atoms with van der Waals surface area (Å²) in [4.78, 5) is 4.21. The molecule has 0 saturated heterocycles. The Balaban J connectivity index is 0.00000289. The van der Waals surface area contributed by atoms with Crippen LogP contribution in [0.25, 0.3) is 0 Å². The molecular weight excluding hydrogens is 357 g/mol. The molecule has 0 amide bonds. The summed E-state index contributed by atoms with van der Waals surface area (Å²) in [6, 6.07) is 0. The molecule has 1 fully saturated rings. The first-order valence-corrected chi connectivity index (χ1v) is 8.19. The summed E-state index contributed by atoms with van der Waals surface area (Å²) < 4.78 is 0. The van der Waals surface area contributed by atoms with E-state index in [9.17, 15) is 0 Å². The van der Waals surface area contributed by atoms with Gasteiger partial charge in [-0.25, -0.2) is 0 Å². The lowest BCUT2D eigenvalue weighted by Crippen LogP contribution is -2.38. The number of hydrogen-bond acceptors (Lipinski definition) is 2. The lowest BCUT2D eigenvalue weighted by atomic mass is 10.0. The molecular formula is C13H28IN3S. The van der Waals surface area contributed by atoms with Gasteiger partial charge in [0.2, 0.25) is 0 Å². The molecule has 0 heterocycles. The maximum Gasteiger partial charge on any atom is 0.191 e. The van der Waals surface area contributed by atoms with Crippen molar-refractivity contribution in [2.24, 2.45) is 10.9 Å². The summed E-state index contributed by atoms with van der Waals surface area (Å²) in [5.74, 6) is 3.08. The van der Waals surface area contributed by atoms with Crippen molar-refractivity contribution in [3.05, 3.63) is 0 Å². The molecule has 0 atom stereocenters. The Bertz CT molecular complexity index is 218. The van der Waals surface area contributed by atoms with Gasteiger partial charge in [0.05, 0.1) is 0 Å². The number of halogens is 1. The number of nitrogens with zero attached hydrogens (tertiary/aromatic N) is 1. The number of aliphatic imine (C=N–C) groups is 1. The molecule has 5 heteroatoms. The molecule has 0 aromatic rings. The summed E-state index contributed by atoms with van der Waals surface area (Å²) in [6.07, 6.45) is 10.6. The zero-order chi connectivity index (χ0) is 12.3. The lowest BCUT2D eigenvalue weighted by molar-refractivity contribution is 0.481. The summed E-state index contributed by atoms with van der Waals surface area (Å²) in [5, 5.41) is 6.70. The summed E-state index contributed by atoms with van der Waals surface area (Å²) in [5.41, 5.74) is 0. The van der Waals surface area contributed by atoms with Crippen molar-refractivity contribution < 1.29 is 0 Å². The van der Waals surface area contributed by atoms with Crippen LogP contribution in [0, 0.1) is 5.92 Å². The van der Waals surface area contributed by atoms with E-state index in [1.165, 1.54) is 38.5 Å². The first-order valence-electron chi connectivity index (χ1n) is 6.80. The van der Waals surface area contributed by atoms with Crippen molar-refractivity contribution in [2.45, 2.75) is 38.5 Å². The molecule has 1 saturated carbocycles. The highest BCUT2D eigenvalue weighted by atomic mass is 127. The molecule has 108 valence electrons. The second kappa shape index (κ2) is 12.4. The van der Waals surface area contributed by atoms with E-state index in [2.05, 4.69) is 21.9 Å². The number of rotatable bonds is 7. The molecule has 0 aromatic heterocycles. The predicted molar refractivity (Wildman–Crippen MR) is 94.4 cm³/mol. The van der Waals surface area contributed by atoms with Crippen molar-refractivity contribution in [3.63, 3.8) is 0 Å². The van der Waals surface area contributed by atoms with Crippen LogP contribution in [0.4, 0.5) is 0 Å². The number of guanidine groups is 1. The number of nitrogens with one attached hydrogen (secondary N) is 2. The van der Waals surface area contributed by atoms with E-state index in [4.69, 9.17) is 0 Å². The van der Waals surface area contributed by atoms with Gasteiger partial charge in [0, 0.05) is 25.9 Å². The second-order valence-corrected chi connectivity index (χ2v) is 5.70. The van der Waals surface area contributed by atoms with Crippen LogP contribution in [-0.4, -0.2) is 38.1 Å². The minimum Gasteiger partial charge on any atom is -0.356 e. The van der Waals surface area contributed by atoms with Gasteiger partial charge in [0.1, 0.15) is 0 Å². The summed E-state index contributed by atoms with van der Waals surface area (Å²) in [6.45, 7) is 2.04. The SMILES string of the molecule is CN=C(NCCCC1CCCC1)NCCSC.I. The molecule has 0 radical (unpaired) electrons. The van der Waals surface area contributed by atoms with Gasteiger partial charge in [-0.15, -0.1) is 24.0 Å². The zero-order valence-electron chi connectivity index (χ0n) is 11.7. The van der Waals surface area contributed by atoms with Crippen LogP contribution in [0.1, 0.15) is 38.5 Å². The van der Waals surface area contributed by atoms with Crippen LogP contribution in [0.2, 0.25) is 0 Å². The first-order chi connectivity index (χ1) is 8.36. The third-order valence-electron chi connectivity index (χ3n) is 3.38. The van der Waals surface area contributed by atoms with Crippen LogP contribution in [0.15, 0.2) is 4.99 Å². The Labute approximate surface area is 133 Å². The minimum absolute atomic E-state index is 0. The molecule has 3 nitrogen and oxygen atoms in total. The average Bonchev–Trinajstić information content (AvgIpc) is 2.85. The fraction of sp³-hybridized carbons (Fsp3) is 0.923. The first kappa shape index (κ1) is 18.4. The summed E-state index contributed by atoms with van der Waals surface area (Å²) in [7, 11) is 1.84. The van der Waals surface area contributed by atoms with Crippen LogP contribution < -0.4 is 10.6 Å². The Morgan fingerprint density at radius 2 is 1.89 bits per heavy atom. The predicted octanol–water partition coefficient (Wildman–Crippen LogP) is 3.10. The van der Waals surface area contributed by atoms with E-state index in [0.717, 1.165) is 30.7 Å². The van der Waals surface area contributed by atoms with Crippen LogP contribution >= 0.6 is 35.7 Å². The van der Waals surface area contributed by atoms with Crippen LogP contribution in [0.5, 0.6) is 0 Å². The fourth-order valence-electron chi connectivity index (χ4n) is 2.39. The molecule has 18 heavy (non-hydrogen) atoms. The molecule has 0 unspecified atom stereocenters. The van der Waals surface area contributed by atoms with E-state index in [1.54, 1.807) is 0 Å². The van der Waals surface area contributed by atoms with Gasteiger partial charge in [-0.3, -0.25) is 4.99 Å². The smallest absolute Gasteiger partial charge is 0.191 e. The third kappa shape index (κ3) is 8.45. The Morgan fingerprint density at radius 3 is 2.50 bits per heavy atom. The molecule has 0 spiro atoms. The lowest BCUT2D eigenvalue weighted by Gasteiger charge is -2.12. The van der Waals surface area contributed by atoms with E-state index in [1.807, 2.05) is 18.8 Å². The normalized spacial score (nSPS) is 16.4. The minimum atomic E-state index is 0. The Hall–Kier alpha value is 0.350. The van der Waals surface area contributed by atoms with Gasteiger partial charge >= 0.3 is 0 Å². The molecule has 1 aliphatic rings. The standard InChI is InChI=1S/C13H27N3S.HI/c1-14-13(16-10-11-17-2)15-9-5-8-12-6-3-4-7-12;/h12H,3-11H2,1-2H3,(H2,14,15,16);1H. The van der Waals surface area contributed by atoms with E-state index >= 15 is 0 Å². The van der Waals surface area contributed by atoms with Gasteiger partial charge in [-0.2, -0.15) is 11.8 Å². The maximum atomic E-state index is 4.21. The quantitative estimate of drug-likeness (QED) is 0.306. The fourth-order valence-corrected chi connectivity index (χ4v) is 2.69. The highest BCUT2D eigenvalue weighted by Crippen LogP contribution is 2.28. The van der Waals surface area contributed by atoms with Gasteiger partial charge in [0.25, 0.3) is 0 Å². The highest BCUT2D eigenvalue weighted by Gasteiger charge is 2.13. The van der Waals surface area contributed by atoms with Crippen molar-refractivity contribution >= 4 is 41.7 Å². The number of hydrogen-bond donors (Lipinski definition) is 2. The van der Waals surface area contributed by atoms with E-state index in [-0.39, 0.29) is 24.0 Å². The van der Waals surface area contributed by atoms with Crippen molar-refractivity contribution in [3.8, 4) is 0 Å². The largest absolute Gasteiger partial charge is 0.356 e. The van der Waals surface area contributed by atoms with E-state index < -0.39 is 0 Å². The third-order valence-corrected chi connectivity index (χ3v) is 3.99. The Kier molecular flexibility index (Phi) is 12.6. The average molecular weight is 385 g/mol. The van der Waals surface area contributed by atoms with Crippen LogP contribution in [-0.2, 0) is 0 Å². The molecule has 0 aromatic carbocycles. The molecule has 0 aliphatic heterocycles. The molecule has 2 N–H and O–H groups in total. The van der Waals surface area contributed by atoms with Gasteiger partial charge in [0.15, 0.2) is 5.96 Å². The molecule has 1 rings (SSSR count). The van der Waals surface area contributed by atoms with Crippen molar-refractivity contribution in [2.75, 3.05) is 32.1 Å². The maximum absolute atomic E-state index is 4.21. The zero-order valence-corrected chi connectivity index (χ0v) is 14.9. The van der Waals surface area contributed by atoms with Gasteiger partial charge in [-0.1, -0.05) is 25.7 Å². The van der Waals surface area contributed by atoms with Crippen molar-refractivity contribution in [1.82, 2.24) is 10.6 Å². The van der Waals surface area contributed by atoms with Gasteiger partial charge in [-0.05, 0) is 25.0 Å². The van der Waals surface area contributed by atoms with Crippen LogP contribution in [0.3, 0.4) is 0 Å². The highest BCUT2D eigenvalue weighted by molar-refractivity contribution is 14.0. The molecule has 1 aliphatic carbocycles. The topological polar surface area (TPSA) is 36.4 Å². The second-order valence-electron chi connectivity index (χ2n) is 4.71. The van der Waals surface area contributed by atoms with Gasteiger partial charge < -0.3 is 10.6 Å². The summed E-state index contributed by atoms with van der Waals surface area (Å²) >= 11 is 1.85.